The first-order valence-electron chi connectivity index (χ1n) is 9.84. The molecule has 0 bridgehead atoms. The van der Waals surface area contributed by atoms with Gasteiger partial charge in [-0.05, 0) is 17.7 Å². The van der Waals surface area contributed by atoms with Gasteiger partial charge in [0.1, 0.15) is 0 Å². The van der Waals surface area contributed by atoms with Gasteiger partial charge in [0.15, 0.2) is 0 Å². The highest BCUT2D eigenvalue weighted by atomic mass is 16.6. The number of carbonyl (C=O) groups excluding carboxylic acids is 1. The third-order valence-electron chi connectivity index (χ3n) is 4.94. The highest BCUT2D eigenvalue weighted by Gasteiger charge is 2.18. The lowest BCUT2D eigenvalue weighted by Gasteiger charge is -2.34. The average Bonchev–Trinajstić information content (AvgIpc) is 2.74. The molecule has 0 radical (unpaired) electrons. The third kappa shape index (κ3) is 6.85. The molecule has 1 aliphatic heterocycles. The standard InChI is InChI=1S/C21H27N5O3/c27-21(23-11-10-22-19-6-8-20(9-7-19)26(28)29)17-25-14-12-24(13-15-25)16-18-4-2-1-3-5-18/h1-9,22H,10-17H2,(H,23,27). The number of carbonyl (C=O) groups is 1. The van der Waals surface area contributed by atoms with Gasteiger partial charge in [-0.1, -0.05) is 30.3 Å². The monoisotopic (exact) mass is 397 g/mol. The van der Waals surface area contributed by atoms with Crippen molar-refractivity contribution >= 4 is 17.3 Å². The number of nitro benzene ring substituents is 1. The van der Waals surface area contributed by atoms with Gasteiger partial charge >= 0.3 is 0 Å². The Morgan fingerprint density at radius 3 is 2.24 bits per heavy atom. The summed E-state index contributed by atoms with van der Waals surface area (Å²) in [5, 5.41) is 16.7. The molecule has 0 unspecified atom stereocenters. The molecule has 0 aromatic heterocycles. The molecule has 2 N–H and O–H groups in total. The molecular weight excluding hydrogens is 370 g/mol. The molecule has 1 heterocycles. The fourth-order valence-electron chi connectivity index (χ4n) is 3.32. The molecule has 1 aliphatic rings. The van der Waals surface area contributed by atoms with Crippen LogP contribution in [-0.2, 0) is 11.3 Å². The fraction of sp³-hybridized carbons (Fsp3) is 0.381. The van der Waals surface area contributed by atoms with Gasteiger partial charge in [0.2, 0.25) is 5.91 Å². The van der Waals surface area contributed by atoms with Crippen LogP contribution >= 0.6 is 0 Å². The highest BCUT2D eigenvalue weighted by Crippen LogP contribution is 2.14. The molecule has 8 heteroatoms. The zero-order valence-corrected chi connectivity index (χ0v) is 16.4. The van der Waals surface area contributed by atoms with E-state index < -0.39 is 4.92 Å². The first-order chi connectivity index (χ1) is 14.1. The van der Waals surface area contributed by atoms with E-state index in [0.29, 0.717) is 19.6 Å². The second-order valence-corrected chi connectivity index (χ2v) is 7.12. The van der Waals surface area contributed by atoms with Crippen molar-refractivity contribution in [3.05, 3.63) is 70.3 Å². The van der Waals surface area contributed by atoms with Gasteiger partial charge in [0.05, 0.1) is 11.5 Å². The Morgan fingerprint density at radius 2 is 1.59 bits per heavy atom. The summed E-state index contributed by atoms with van der Waals surface area (Å²) < 4.78 is 0. The summed E-state index contributed by atoms with van der Waals surface area (Å²) in [5.74, 6) is 0.0204. The lowest BCUT2D eigenvalue weighted by atomic mass is 10.2. The Hall–Kier alpha value is -2.97. The van der Waals surface area contributed by atoms with Crippen LogP contribution in [0, 0.1) is 10.1 Å². The molecular formula is C21H27N5O3. The third-order valence-corrected chi connectivity index (χ3v) is 4.94. The number of hydrogen-bond acceptors (Lipinski definition) is 6. The Bertz CT molecular complexity index is 790. The predicted molar refractivity (Wildman–Crippen MR) is 113 cm³/mol. The Labute approximate surface area is 170 Å². The van der Waals surface area contributed by atoms with Gasteiger partial charge in [-0.3, -0.25) is 24.7 Å². The van der Waals surface area contributed by atoms with Crippen LogP contribution in [0.3, 0.4) is 0 Å². The molecule has 1 amide bonds. The number of nitrogens with one attached hydrogen (secondary N) is 2. The van der Waals surface area contributed by atoms with Gasteiger partial charge in [-0.15, -0.1) is 0 Å². The van der Waals surface area contributed by atoms with Crippen molar-refractivity contribution in [2.75, 3.05) is 51.1 Å². The van der Waals surface area contributed by atoms with E-state index in [1.165, 1.54) is 17.7 Å². The minimum absolute atomic E-state index is 0.0204. The summed E-state index contributed by atoms with van der Waals surface area (Å²) in [6, 6.07) is 16.7. The maximum atomic E-state index is 12.1. The first kappa shape index (κ1) is 20.8. The van der Waals surface area contributed by atoms with Crippen LogP contribution in [0.4, 0.5) is 11.4 Å². The number of amides is 1. The molecule has 0 aliphatic carbocycles. The van der Waals surface area contributed by atoms with Gasteiger partial charge in [0, 0.05) is 63.6 Å². The van der Waals surface area contributed by atoms with Crippen LogP contribution in [0.1, 0.15) is 5.56 Å². The van der Waals surface area contributed by atoms with Crippen molar-refractivity contribution in [1.82, 2.24) is 15.1 Å². The van der Waals surface area contributed by atoms with E-state index in [-0.39, 0.29) is 11.6 Å². The maximum Gasteiger partial charge on any atom is 0.269 e. The van der Waals surface area contributed by atoms with E-state index in [9.17, 15) is 14.9 Å². The molecule has 3 rings (SSSR count). The van der Waals surface area contributed by atoms with Crippen molar-refractivity contribution in [3.8, 4) is 0 Å². The summed E-state index contributed by atoms with van der Waals surface area (Å²) in [6.07, 6.45) is 0. The molecule has 0 saturated carbocycles. The number of nitrogens with zero attached hydrogens (tertiary/aromatic N) is 3. The zero-order chi connectivity index (χ0) is 20.5. The number of benzene rings is 2. The molecule has 0 spiro atoms. The number of piperazine rings is 1. The molecule has 154 valence electrons. The average molecular weight is 397 g/mol. The Morgan fingerprint density at radius 1 is 0.931 bits per heavy atom. The van der Waals surface area contributed by atoms with Crippen LogP contribution in [0.2, 0.25) is 0 Å². The number of rotatable bonds is 9. The smallest absolute Gasteiger partial charge is 0.269 e. The van der Waals surface area contributed by atoms with Crippen LogP contribution < -0.4 is 10.6 Å². The van der Waals surface area contributed by atoms with Crippen LogP contribution in [0.5, 0.6) is 0 Å². The van der Waals surface area contributed by atoms with Gasteiger partial charge in [-0.25, -0.2) is 0 Å². The largest absolute Gasteiger partial charge is 0.383 e. The van der Waals surface area contributed by atoms with E-state index in [1.807, 2.05) is 6.07 Å². The molecule has 0 atom stereocenters. The van der Waals surface area contributed by atoms with E-state index in [0.717, 1.165) is 38.4 Å². The van der Waals surface area contributed by atoms with Crippen molar-refractivity contribution in [2.45, 2.75) is 6.54 Å². The Kier molecular flexibility index (Phi) is 7.54. The van der Waals surface area contributed by atoms with Crippen molar-refractivity contribution in [1.29, 1.82) is 0 Å². The van der Waals surface area contributed by atoms with Crippen molar-refractivity contribution < 1.29 is 9.72 Å². The second kappa shape index (κ2) is 10.5. The Balaban J connectivity index is 1.28. The zero-order valence-electron chi connectivity index (χ0n) is 16.4. The lowest BCUT2D eigenvalue weighted by Crippen LogP contribution is -2.49. The van der Waals surface area contributed by atoms with Crippen LogP contribution in [0.25, 0.3) is 0 Å². The van der Waals surface area contributed by atoms with Crippen LogP contribution in [-0.4, -0.2) is 66.4 Å². The SMILES string of the molecule is O=C(CN1CCN(Cc2ccccc2)CC1)NCCNc1ccc([N+](=O)[O-])cc1. The number of hydrogen-bond donors (Lipinski definition) is 2. The molecule has 2 aromatic rings. The van der Waals surface area contributed by atoms with E-state index >= 15 is 0 Å². The maximum absolute atomic E-state index is 12.1. The van der Waals surface area contributed by atoms with E-state index in [4.69, 9.17) is 0 Å². The lowest BCUT2D eigenvalue weighted by molar-refractivity contribution is -0.384. The fourth-order valence-corrected chi connectivity index (χ4v) is 3.32. The van der Waals surface area contributed by atoms with Crippen LogP contribution in [0.15, 0.2) is 54.6 Å². The van der Waals surface area contributed by atoms with Crippen molar-refractivity contribution in [3.63, 3.8) is 0 Å². The summed E-state index contributed by atoms with van der Waals surface area (Å²) in [7, 11) is 0. The quantitative estimate of drug-likeness (QED) is 0.382. The summed E-state index contributed by atoms with van der Waals surface area (Å²) >= 11 is 0. The minimum atomic E-state index is -0.425. The molecule has 1 fully saturated rings. The summed E-state index contributed by atoms with van der Waals surface area (Å²) in [4.78, 5) is 27.0. The summed E-state index contributed by atoms with van der Waals surface area (Å²) in [5.41, 5.74) is 2.17. The second-order valence-electron chi connectivity index (χ2n) is 7.12. The van der Waals surface area contributed by atoms with E-state index in [1.54, 1.807) is 12.1 Å². The number of non-ortho nitro benzene ring substituents is 1. The van der Waals surface area contributed by atoms with Gasteiger partial charge in [0.25, 0.3) is 5.69 Å². The molecule has 29 heavy (non-hydrogen) atoms. The minimum Gasteiger partial charge on any atom is -0.383 e. The highest BCUT2D eigenvalue weighted by molar-refractivity contribution is 5.78. The summed E-state index contributed by atoms with van der Waals surface area (Å²) in [6.45, 7) is 6.14. The normalized spacial score (nSPS) is 15.0. The van der Waals surface area contributed by atoms with E-state index in [2.05, 4.69) is 44.7 Å². The molecule has 2 aromatic carbocycles. The molecule has 1 saturated heterocycles. The number of nitro groups is 1. The van der Waals surface area contributed by atoms with Gasteiger partial charge < -0.3 is 10.6 Å². The molecule has 8 nitrogen and oxygen atoms in total. The topological polar surface area (TPSA) is 90.8 Å². The number of anilines is 1. The predicted octanol–water partition coefficient (Wildman–Crippen LogP) is 1.94. The van der Waals surface area contributed by atoms with Crippen molar-refractivity contribution in [2.24, 2.45) is 0 Å². The first-order valence-corrected chi connectivity index (χ1v) is 9.84. The van der Waals surface area contributed by atoms with Gasteiger partial charge in [-0.2, -0.15) is 0 Å².